The van der Waals surface area contributed by atoms with Crippen LogP contribution in [-0.2, 0) is 0 Å². The third kappa shape index (κ3) is 3.14. The Morgan fingerprint density at radius 2 is 2.06 bits per heavy atom. The Kier molecular flexibility index (Phi) is 4.82. The molecule has 1 saturated carbocycles. The van der Waals surface area contributed by atoms with Crippen molar-refractivity contribution < 1.29 is 0 Å². The van der Waals surface area contributed by atoms with Gasteiger partial charge in [0, 0.05) is 6.04 Å². The minimum Gasteiger partial charge on any atom is -0.310 e. The number of benzene rings is 1. The third-order valence-electron chi connectivity index (χ3n) is 4.13. The van der Waals surface area contributed by atoms with Crippen LogP contribution in [0.1, 0.15) is 69.5 Å². The summed E-state index contributed by atoms with van der Waals surface area (Å²) in [6.07, 6.45) is 5.39. The Hall–Kier alpha value is -0.820. The molecule has 1 aliphatic rings. The zero-order valence-electron chi connectivity index (χ0n) is 12.1. The van der Waals surface area contributed by atoms with E-state index in [0.29, 0.717) is 12.0 Å². The van der Waals surface area contributed by atoms with Crippen LogP contribution < -0.4 is 5.32 Å². The molecule has 0 spiro atoms. The first kappa shape index (κ1) is 13.6. The number of hydrogen-bond acceptors (Lipinski definition) is 1. The molecule has 0 aliphatic heterocycles. The van der Waals surface area contributed by atoms with Gasteiger partial charge in [0.25, 0.3) is 0 Å². The molecule has 1 aromatic carbocycles. The van der Waals surface area contributed by atoms with Crippen LogP contribution >= 0.6 is 0 Å². The normalized spacial score (nSPS) is 17.8. The summed E-state index contributed by atoms with van der Waals surface area (Å²) in [5.41, 5.74) is 3.03. The van der Waals surface area contributed by atoms with E-state index in [1.54, 1.807) is 5.56 Å². The van der Waals surface area contributed by atoms with E-state index in [4.69, 9.17) is 0 Å². The molecule has 1 fully saturated rings. The fourth-order valence-electron chi connectivity index (χ4n) is 2.79. The minimum atomic E-state index is 0.505. The van der Waals surface area contributed by atoms with E-state index in [9.17, 15) is 0 Å². The Labute approximate surface area is 112 Å². The predicted octanol–water partition coefficient (Wildman–Crippen LogP) is 4.65. The van der Waals surface area contributed by atoms with Gasteiger partial charge in [0.05, 0.1) is 0 Å². The Morgan fingerprint density at radius 1 is 1.28 bits per heavy atom. The monoisotopic (exact) mass is 245 g/mol. The second-order valence-electron chi connectivity index (χ2n) is 5.97. The van der Waals surface area contributed by atoms with E-state index in [2.05, 4.69) is 50.4 Å². The number of rotatable bonds is 6. The molecule has 1 aromatic rings. The lowest BCUT2D eigenvalue weighted by Crippen LogP contribution is -2.26. The van der Waals surface area contributed by atoms with Crippen LogP contribution in [-0.4, -0.2) is 6.54 Å². The van der Waals surface area contributed by atoms with Crippen molar-refractivity contribution >= 4 is 0 Å². The van der Waals surface area contributed by atoms with E-state index in [-0.39, 0.29) is 0 Å². The molecule has 0 heterocycles. The van der Waals surface area contributed by atoms with Gasteiger partial charge < -0.3 is 5.32 Å². The molecule has 100 valence electrons. The average molecular weight is 245 g/mol. The predicted molar refractivity (Wildman–Crippen MR) is 78.9 cm³/mol. The van der Waals surface area contributed by atoms with Crippen molar-refractivity contribution in [1.29, 1.82) is 0 Å². The fourth-order valence-corrected chi connectivity index (χ4v) is 2.79. The summed E-state index contributed by atoms with van der Waals surface area (Å²) >= 11 is 0. The SMILES string of the molecule is CCCNC(c1cccc(C2CCC2)c1)C(C)C. The lowest BCUT2D eigenvalue weighted by Gasteiger charge is -2.28. The first-order valence-corrected chi connectivity index (χ1v) is 7.55. The summed E-state index contributed by atoms with van der Waals surface area (Å²) in [5.74, 6) is 1.48. The Bertz CT molecular complexity index is 366. The molecule has 1 unspecified atom stereocenters. The van der Waals surface area contributed by atoms with Crippen LogP contribution in [0.3, 0.4) is 0 Å². The smallest absolute Gasteiger partial charge is 0.0343 e. The second-order valence-corrected chi connectivity index (χ2v) is 5.97. The summed E-state index contributed by atoms with van der Waals surface area (Å²) in [6.45, 7) is 7.96. The van der Waals surface area contributed by atoms with E-state index in [1.165, 1.54) is 31.2 Å². The van der Waals surface area contributed by atoms with Crippen LogP contribution in [0.5, 0.6) is 0 Å². The van der Waals surface area contributed by atoms with E-state index in [1.807, 2.05) is 0 Å². The van der Waals surface area contributed by atoms with E-state index in [0.717, 1.165) is 12.5 Å². The van der Waals surface area contributed by atoms with Crippen molar-refractivity contribution in [1.82, 2.24) is 5.32 Å². The highest BCUT2D eigenvalue weighted by molar-refractivity contribution is 5.30. The number of hydrogen-bond donors (Lipinski definition) is 1. The van der Waals surface area contributed by atoms with Crippen LogP contribution in [0.2, 0.25) is 0 Å². The highest BCUT2D eigenvalue weighted by atomic mass is 14.9. The summed E-state index contributed by atoms with van der Waals surface area (Å²) in [6, 6.07) is 9.79. The molecule has 0 amide bonds. The molecule has 2 rings (SSSR count). The van der Waals surface area contributed by atoms with Crippen LogP contribution in [0.15, 0.2) is 24.3 Å². The average Bonchev–Trinajstić information content (AvgIpc) is 2.27. The van der Waals surface area contributed by atoms with Gasteiger partial charge in [-0.1, -0.05) is 51.5 Å². The van der Waals surface area contributed by atoms with Crippen LogP contribution in [0.25, 0.3) is 0 Å². The summed E-state index contributed by atoms with van der Waals surface area (Å²) < 4.78 is 0. The fraction of sp³-hybridized carbons (Fsp3) is 0.647. The van der Waals surface area contributed by atoms with Crippen molar-refractivity contribution in [2.24, 2.45) is 5.92 Å². The highest BCUT2D eigenvalue weighted by Gasteiger charge is 2.21. The Balaban J connectivity index is 2.13. The Morgan fingerprint density at radius 3 is 2.61 bits per heavy atom. The molecule has 0 aromatic heterocycles. The zero-order valence-corrected chi connectivity index (χ0v) is 12.1. The molecular formula is C17H27N. The van der Waals surface area contributed by atoms with Gasteiger partial charge in [0.1, 0.15) is 0 Å². The maximum atomic E-state index is 3.69. The molecule has 18 heavy (non-hydrogen) atoms. The molecular weight excluding hydrogens is 218 g/mol. The summed E-state index contributed by atoms with van der Waals surface area (Å²) in [4.78, 5) is 0. The van der Waals surface area contributed by atoms with E-state index >= 15 is 0 Å². The molecule has 1 aliphatic carbocycles. The molecule has 0 saturated heterocycles. The first-order valence-electron chi connectivity index (χ1n) is 7.55. The van der Waals surface area contributed by atoms with Gasteiger partial charge >= 0.3 is 0 Å². The third-order valence-corrected chi connectivity index (χ3v) is 4.13. The minimum absolute atomic E-state index is 0.505. The summed E-state index contributed by atoms with van der Waals surface area (Å²) in [5, 5.41) is 3.69. The lowest BCUT2D eigenvalue weighted by molar-refractivity contribution is 0.405. The number of nitrogens with one attached hydrogen (secondary N) is 1. The summed E-state index contributed by atoms with van der Waals surface area (Å²) in [7, 11) is 0. The topological polar surface area (TPSA) is 12.0 Å². The molecule has 1 nitrogen and oxygen atoms in total. The van der Waals surface area contributed by atoms with Gasteiger partial charge in [0.15, 0.2) is 0 Å². The van der Waals surface area contributed by atoms with Gasteiger partial charge in [-0.15, -0.1) is 0 Å². The molecule has 1 N–H and O–H groups in total. The van der Waals surface area contributed by atoms with Crippen molar-refractivity contribution in [2.45, 2.75) is 58.4 Å². The standard InChI is InChI=1S/C17H27N/c1-4-11-18-17(13(2)3)16-10-6-9-15(12-16)14-7-5-8-14/h6,9-10,12-14,17-18H,4-5,7-8,11H2,1-3H3. The van der Waals surface area contributed by atoms with Gasteiger partial charge in [-0.3, -0.25) is 0 Å². The van der Waals surface area contributed by atoms with Gasteiger partial charge in [-0.05, 0) is 48.8 Å². The maximum absolute atomic E-state index is 3.69. The first-order chi connectivity index (χ1) is 8.72. The second kappa shape index (κ2) is 6.38. The van der Waals surface area contributed by atoms with Gasteiger partial charge in [-0.25, -0.2) is 0 Å². The van der Waals surface area contributed by atoms with Gasteiger partial charge in [-0.2, -0.15) is 0 Å². The largest absolute Gasteiger partial charge is 0.310 e. The molecule has 1 atom stereocenters. The van der Waals surface area contributed by atoms with Crippen molar-refractivity contribution in [3.8, 4) is 0 Å². The van der Waals surface area contributed by atoms with E-state index < -0.39 is 0 Å². The molecule has 0 radical (unpaired) electrons. The lowest BCUT2D eigenvalue weighted by atomic mass is 9.79. The van der Waals surface area contributed by atoms with Crippen molar-refractivity contribution in [3.05, 3.63) is 35.4 Å². The van der Waals surface area contributed by atoms with Crippen molar-refractivity contribution in [2.75, 3.05) is 6.54 Å². The van der Waals surface area contributed by atoms with Crippen LogP contribution in [0.4, 0.5) is 0 Å². The quantitative estimate of drug-likeness (QED) is 0.769. The van der Waals surface area contributed by atoms with Crippen LogP contribution in [0, 0.1) is 5.92 Å². The van der Waals surface area contributed by atoms with Crippen molar-refractivity contribution in [3.63, 3.8) is 0 Å². The highest BCUT2D eigenvalue weighted by Crippen LogP contribution is 2.37. The van der Waals surface area contributed by atoms with Gasteiger partial charge in [0.2, 0.25) is 0 Å². The maximum Gasteiger partial charge on any atom is 0.0343 e. The molecule has 1 heteroatoms. The zero-order chi connectivity index (χ0) is 13.0. The molecule has 0 bridgehead atoms.